The molecule has 1 heterocycles. The normalized spacial score (nSPS) is 14.4. The summed E-state index contributed by atoms with van der Waals surface area (Å²) in [7, 11) is 1.58. The zero-order valence-electron chi connectivity index (χ0n) is 19.4. The fourth-order valence-electron chi connectivity index (χ4n) is 4.03. The van der Waals surface area contributed by atoms with E-state index < -0.39 is 0 Å². The van der Waals surface area contributed by atoms with Crippen LogP contribution in [-0.4, -0.2) is 61.4 Å². The van der Waals surface area contributed by atoms with Gasteiger partial charge in [0.2, 0.25) is 5.91 Å². The predicted molar refractivity (Wildman–Crippen MR) is 134 cm³/mol. The Kier molecular flexibility index (Phi) is 7.91. The largest absolute Gasteiger partial charge is 0.497 e. The van der Waals surface area contributed by atoms with Gasteiger partial charge in [-0.25, -0.2) is 0 Å². The summed E-state index contributed by atoms with van der Waals surface area (Å²) >= 11 is 0. The second-order valence-electron chi connectivity index (χ2n) is 8.32. The molecule has 3 aromatic rings. The minimum Gasteiger partial charge on any atom is -0.497 e. The summed E-state index contributed by atoms with van der Waals surface area (Å²) in [6, 6.07) is 24.6. The van der Waals surface area contributed by atoms with Crippen molar-refractivity contribution in [3.8, 4) is 5.75 Å². The molecule has 3 aromatic carbocycles. The van der Waals surface area contributed by atoms with Gasteiger partial charge in [0.15, 0.2) is 0 Å². The van der Waals surface area contributed by atoms with Gasteiger partial charge < -0.3 is 15.4 Å². The molecule has 34 heavy (non-hydrogen) atoms. The Labute approximate surface area is 200 Å². The molecule has 1 fully saturated rings. The minimum absolute atomic E-state index is 0.127. The number of benzene rings is 3. The number of nitrogens with one attached hydrogen (secondary N) is 2. The summed E-state index contributed by atoms with van der Waals surface area (Å²) < 4.78 is 5.21. The standard InChI is InChI=1S/C27H30N4O3/c1-34-23-11-7-10-22(18-23)28-27(33)24-12-5-6-13-25(24)29-26(32)20-31-16-14-30(15-17-31)19-21-8-3-2-4-9-21/h2-13,18H,14-17,19-20H2,1H3,(H,28,33)(H,29,32). The number of ether oxygens (including phenoxy) is 1. The van der Waals surface area contributed by atoms with E-state index in [1.165, 1.54) is 5.56 Å². The monoisotopic (exact) mass is 458 g/mol. The van der Waals surface area contributed by atoms with Crippen LogP contribution in [0.2, 0.25) is 0 Å². The maximum absolute atomic E-state index is 12.9. The Morgan fingerprint density at radius 3 is 2.29 bits per heavy atom. The second kappa shape index (κ2) is 11.4. The molecule has 4 rings (SSSR count). The van der Waals surface area contributed by atoms with Crippen molar-refractivity contribution in [3.05, 3.63) is 90.0 Å². The Morgan fingerprint density at radius 1 is 0.824 bits per heavy atom. The van der Waals surface area contributed by atoms with Crippen molar-refractivity contribution in [2.45, 2.75) is 6.54 Å². The lowest BCUT2D eigenvalue weighted by molar-refractivity contribution is -0.117. The van der Waals surface area contributed by atoms with E-state index in [1.807, 2.05) is 18.2 Å². The van der Waals surface area contributed by atoms with Gasteiger partial charge in [0, 0.05) is 44.5 Å². The fourth-order valence-corrected chi connectivity index (χ4v) is 4.03. The number of para-hydroxylation sites is 1. The first-order valence-electron chi connectivity index (χ1n) is 11.4. The van der Waals surface area contributed by atoms with Crippen LogP contribution in [0.25, 0.3) is 0 Å². The average Bonchev–Trinajstić information content (AvgIpc) is 2.86. The number of rotatable bonds is 8. The molecule has 0 aromatic heterocycles. The number of amides is 2. The molecule has 2 N–H and O–H groups in total. The third-order valence-corrected chi connectivity index (χ3v) is 5.85. The summed E-state index contributed by atoms with van der Waals surface area (Å²) in [5, 5.41) is 5.78. The highest BCUT2D eigenvalue weighted by molar-refractivity contribution is 6.10. The molecule has 1 saturated heterocycles. The van der Waals surface area contributed by atoms with Gasteiger partial charge in [-0.1, -0.05) is 48.5 Å². The van der Waals surface area contributed by atoms with Crippen LogP contribution in [0, 0.1) is 0 Å². The van der Waals surface area contributed by atoms with Gasteiger partial charge in [-0.05, 0) is 29.8 Å². The minimum atomic E-state index is -0.293. The van der Waals surface area contributed by atoms with Crippen molar-refractivity contribution >= 4 is 23.2 Å². The first-order valence-corrected chi connectivity index (χ1v) is 11.4. The third kappa shape index (κ3) is 6.43. The first-order chi connectivity index (χ1) is 16.6. The van der Waals surface area contributed by atoms with Gasteiger partial charge in [-0.15, -0.1) is 0 Å². The SMILES string of the molecule is COc1cccc(NC(=O)c2ccccc2NC(=O)CN2CCN(Cc3ccccc3)CC2)c1. The summed E-state index contributed by atoms with van der Waals surface area (Å²) in [4.78, 5) is 30.2. The number of carbonyl (C=O) groups is 2. The van der Waals surface area contributed by atoms with Crippen molar-refractivity contribution in [1.82, 2.24) is 9.80 Å². The average molecular weight is 459 g/mol. The van der Waals surface area contributed by atoms with Gasteiger partial charge in [0.1, 0.15) is 5.75 Å². The summed E-state index contributed by atoms with van der Waals surface area (Å²) in [5.74, 6) is 0.236. The van der Waals surface area contributed by atoms with Crippen LogP contribution in [0.3, 0.4) is 0 Å². The first kappa shape index (κ1) is 23.5. The molecule has 0 radical (unpaired) electrons. The van der Waals surface area contributed by atoms with Crippen LogP contribution in [-0.2, 0) is 11.3 Å². The van der Waals surface area contributed by atoms with Crippen LogP contribution >= 0.6 is 0 Å². The quantitative estimate of drug-likeness (QED) is 0.539. The van der Waals surface area contributed by atoms with Crippen molar-refractivity contribution in [2.75, 3.05) is 50.5 Å². The van der Waals surface area contributed by atoms with E-state index in [0.29, 0.717) is 29.2 Å². The van der Waals surface area contributed by atoms with E-state index >= 15 is 0 Å². The number of methoxy groups -OCH3 is 1. The molecular formula is C27H30N4O3. The van der Waals surface area contributed by atoms with Gasteiger partial charge in [0.25, 0.3) is 5.91 Å². The number of nitrogens with zero attached hydrogens (tertiary/aromatic N) is 2. The molecule has 1 aliphatic heterocycles. The van der Waals surface area contributed by atoms with Crippen molar-refractivity contribution in [2.24, 2.45) is 0 Å². The molecule has 0 bridgehead atoms. The number of anilines is 2. The smallest absolute Gasteiger partial charge is 0.257 e. The lowest BCUT2D eigenvalue weighted by atomic mass is 10.1. The number of piperazine rings is 1. The van der Waals surface area contributed by atoms with E-state index in [9.17, 15) is 9.59 Å². The lowest BCUT2D eigenvalue weighted by Gasteiger charge is -2.34. The summed E-state index contributed by atoms with van der Waals surface area (Å²) in [5.41, 5.74) is 2.83. The van der Waals surface area contributed by atoms with Gasteiger partial charge >= 0.3 is 0 Å². The summed E-state index contributed by atoms with van der Waals surface area (Å²) in [6.07, 6.45) is 0. The molecule has 7 heteroatoms. The maximum Gasteiger partial charge on any atom is 0.257 e. The zero-order chi connectivity index (χ0) is 23.8. The third-order valence-electron chi connectivity index (χ3n) is 5.85. The molecule has 0 spiro atoms. The molecule has 2 amide bonds. The predicted octanol–water partition coefficient (Wildman–Crippen LogP) is 3.70. The highest BCUT2D eigenvalue weighted by Crippen LogP contribution is 2.20. The van der Waals surface area contributed by atoms with Crippen LogP contribution < -0.4 is 15.4 Å². The highest BCUT2D eigenvalue weighted by atomic mass is 16.5. The highest BCUT2D eigenvalue weighted by Gasteiger charge is 2.20. The Balaban J connectivity index is 1.30. The summed E-state index contributed by atoms with van der Waals surface area (Å²) in [6.45, 7) is 4.72. The molecule has 7 nitrogen and oxygen atoms in total. The van der Waals surface area contributed by atoms with Crippen LogP contribution in [0.4, 0.5) is 11.4 Å². The van der Waals surface area contributed by atoms with Crippen LogP contribution in [0.15, 0.2) is 78.9 Å². The molecule has 0 unspecified atom stereocenters. The van der Waals surface area contributed by atoms with Crippen LogP contribution in [0.5, 0.6) is 5.75 Å². The van der Waals surface area contributed by atoms with Gasteiger partial charge in [0.05, 0.1) is 24.9 Å². The van der Waals surface area contributed by atoms with E-state index in [1.54, 1.807) is 43.5 Å². The molecule has 1 aliphatic rings. The fraction of sp³-hybridized carbons (Fsp3) is 0.259. The van der Waals surface area contributed by atoms with Gasteiger partial charge in [-0.3, -0.25) is 19.4 Å². The van der Waals surface area contributed by atoms with Crippen molar-refractivity contribution < 1.29 is 14.3 Å². The molecule has 0 atom stereocenters. The van der Waals surface area contributed by atoms with Gasteiger partial charge in [-0.2, -0.15) is 0 Å². The van der Waals surface area contributed by atoms with Crippen molar-refractivity contribution in [1.29, 1.82) is 0 Å². The molecule has 0 aliphatic carbocycles. The lowest BCUT2D eigenvalue weighted by Crippen LogP contribution is -2.48. The Hall–Kier alpha value is -3.68. The van der Waals surface area contributed by atoms with Crippen LogP contribution in [0.1, 0.15) is 15.9 Å². The number of carbonyl (C=O) groups excluding carboxylic acids is 2. The molecular weight excluding hydrogens is 428 g/mol. The maximum atomic E-state index is 12.9. The Morgan fingerprint density at radius 2 is 1.53 bits per heavy atom. The topological polar surface area (TPSA) is 73.9 Å². The zero-order valence-corrected chi connectivity index (χ0v) is 19.4. The van der Waals surface area contributed by atoms with E-state index in [-0.39, 0.29) is 11.8 Å². The second-order valence-corrected chi connectivity index (χ2v) is 8.32. The molecule has 176 valence electrons. The number of hydrogen-bond acceptors (Lipinski definition) is 5. The van der Waals surface area contributed by atoms with Crippen molar-refractivity contribution in [3.63, 3.8) is 0 Å². The van der Waals surface area contributed by atoms with E-state index in [4.69, 9.17) is 4.74 Å². The Bertz CT molecular complexity index is 1110. The molecule has 0 saturated carbocycles. The van der Waals surface area contributed by atoms with E-state index in [0.717, 1.165) is 32.7 Å². The number of hydrogen-bond donors (Lipinski definition) is 2. The van der Waals surface area contributed by atoms with E-state index in [2.05, 4.69) is 44.7 Å².